The monoisotopic (exact) mass is 352 g/mol. The average Bonchev–Trinajstić information content (AvgIpc) is 2.80. The molecule has 0 aromatic carbocycles. The summed E-state index contributed by atoms with van der Waals surface area (Å²) in [6.45, 7) is 3.70. The molecule has 0 N–H and O–H groups in total. The van der Waals surface area contributed by atoms with E-state index in [-0.39, 0.29) is 16.7 Å². The molecule has 1 saturated heterocycles. The maximum Gasteiger partial charge on any atom is 0.319 e. The Hall–Kier alpha value is -0.670. The van der Waals surface area contributed by atoms with Crippen LogP contribution in [0.4, 0.5) is 0 Å². The smallest absolute Gasteiger partial charge is 0.319 e. The quantitative estimate of drug-likeness (QED) is 0.761. The fourth-order valence-electron chi connectivity index (χ4n) is 2.06. The molecule has 9 heteroatoms. The topological polar surface area (TPSA) is 66.9 Å². The normalized spacial score (nSPS) is 17.9. The molecule has 0 unspecified atom stereocenters. The van der Waals surface area contributed by atoms with Gasteiger partial charge in [0.05, 0.1) is 18.0 Å². The van der Waals surface area contributed by atoms with E-state index in [9.17, 15) is 13.2 Å². The van der Waals surface area contributed by atoms with Crippen LogP contribution in [0.5, 0.6) is 0 Å². The number of rotatable bonds is 4. The van der Waals surface area contributed by atoms with Gasteiger partial charge < -0.3 is 4.74 Å². The summed E-state index contributed by atoms with van der Waals surface area (Å²) in [6, 6.07) is 1.60. The summed E-state index contributed by atoms with van der Waals surface area (Å²) >= 11 is 7.02. The van der Waals surface area contributed by atoms with Gasteiger partial charge in [-0.1, -0.05) is 11.6 Å². The first-order valence-electron chi connectivity index (χ1n) is 6.40. The van der Waals surface area contributed by atoms with Crippen LogP contribution < -0.4 is 0 Å². The highest BCUT2D eigenvalue weighted by molar-refractivity contribution is 7.91. The molecule has 1 fully saturated rings. The van der Waals surface area contributed by atoms with Crippen molar-refractivity contribution in [3.8, 4) is 0 Å². The number of piperazine rings is 1. The first-order chi connectivity index (χ1) is 9.84. The number of hydrogen-bond acceptors (Lipinski definition) is 6. The summed E-state index contributed by atoms with van der Waals surface area (Å²) < 4.78 is 31.8. The lowest BCUT2D eigenvalue weighted by atomic mass is 10.3. The molecule has 1 aliphatic rings. The Morgan fingerprint density at radius 2 is 2.00 bits per heavy atom. The number of carbonyl (C=O) groups is 1. The molecule has 6 nitrogen and oxygen atoms in total. The molecule has 0 aliphatic carbocycles. The maximum absolute atomic E-state index is 12.5. The molecule has 1 aromatic heterocycles. The van der Waals surface area contributed by atoms with Gasteiger partial charge in [-0.2, -0.15) is 4.31 Å². The molecular weight excluding hydrogens is 336 g/mol. The van der Waals surface area contributed by atoms with E-state index in [2.05, 4.69) is 4.74 Å². The van der Waals surface area contributed by atoms with Gasteiger partial charge in [-0.25, -0.2) is 8.42 Å². The molecule has 1 aromatic rings. The average molecular weight is 353 g/mol. The second kappa shape index (κ2) is 6.62. The van der Waals surface area contributed by atoms with Crippen molar-refractivity contribution in [3.63, 3.8) is 0 Å². The third-order valence-electron chi connectivity index (χ3n) is 3.34. The molecular formula is C12H17ClN2O4S2. The Morgan fingerprint density at radius 1 is 1.38 bits per heavy atom. The highest BCUT2D eigenvalue weighted by Gasteiger charge is 2.30. The van der Waals surface area contributed by atoms with Gasteiger partial charge in [0.25, 0.3) is 10.0 Å². The molecule has 1 aliphatic heterocycles. The maximum atomic E-state index is 12.5. The van der Waals surface area contributed by atoms with E-state index in [1.807, 2.05) is 4.90 Å². The minimum absolute atomic E-state index is 0.189. The van der Waals surface area contributed by atoms with Gasteiger partial charge in [-0.3, -0.25) is 9.69 Å². The lowest BCUT2D eigenvalue weighted by Gasteiger charge is -2.32. The number of thiophene rings is 1. The van der Waals surface area contributed by atoms with Gasteiger partial charge in [-0.15, -0.1) is 11.3 Å². The van der Waals surface area contributed by atoms with Crippen LogP contribution in [-0.4, -0.2) is 63.4 Å². The minimum Gasteiger partial charge on any atom is -0.468 e. The summed E-state index contributed by atoms with van der Waals surface area (Å²) in [6.07, 6.45) is 0. The van der Waals surface area contributed by atoms with Crippen molar-refractivity contribution in [2.45, 2.75) is 11.1 Å². The molecule has 0 atom stereocenters. The van der Waals surface area contributed by atoms with E-state index in [0.717, 1.165) is 16.9 Å². The Kier molecular flexibility index (Phi) is 5.26. The second-order valence-corrected chi connectivity index (χ2v) is 8.60. The fraction of sp³-hybridized carbons (Fsp3) is 0.583. The van der Waals surface area contributed by atoms with Crippen molar-refractivity contribution in [1.82, 2.24) is 9.21 Å². The van der Waals surface area contributed by atoms with Gasteiger partial charge in [-0.05, 0) is 18.6 Å². The van der Waals surface area contributed by atoms with Crippen LogP contribution in [0.1, 0.15) is 5.56 Å². The van der Waals surface area contributed by atoms with Gasteiger partial charge in [0.15, 0.2) is 0 Å². The van der Waals surface area contributed by atoms with E-state index < -0.39 is 10.0 Å². The third-order valence-corrected chi connectivity index (χ3v) is 7.24. The molecule has 2 heterocycles. The van der Waals surface area contributed by atoms with E-state index >= 15 is 0 Å². The largest absolute Gasteiger partial charge is 0.468 e. The summed E-state index contributed by atoms with van der Waals surface area (Å²) in [4.78, 5) is 13.1. The highest BCUT2D eigenvalue weighted by atomic mass is 35.5. The van der Waals surface area contributed by atoms with Crippen LogP contribution in [0, 0.1) is 6.92 Å². The predicted molar refractivity (Wildman–Crippen MR) is 81.3 cm³/mol. The van der Waals surface area contributed by atoms with Gasteiger partial charge in [0.2, 0.25) is 0 Å². The van der Waals surface area contributed by atoms with Crippen molar-refractivity contribution in [1.29, 1.82) is 0 Å². The fourth-order valence-corrected chi connectivity index (χ4v) is 5.35. The summed E-state index contributed by atoms with van der Waals surface area (Å²) in [7, 11) is -2.16. The molecule has 0 saturated carbocycles. The summed E-state index contributed by atoms with van der Waals surface area (Å²) in [5.74, 6) is -0.313. The SMILES string of the molecule is COC(=O)CN1CCN(S(=O)(=O)c2cc(C)c(Cl)s2)CC1. The van der Waals surface area contributed by atoms with Crippen LogP contribution in [0.3, 0.4) is 0 Å². The lowest BCUT2D eigenvalue weighted by Crippen LogP contribution is -2.49. The van der Waals surface area contributed by atoms with Crippen molar-refractivity contribution >= 4 is 38.9 Å². The molecule has 2 rings (SSSR count). The molecule has 0 spiro atoms. The van der Waals surface area contributed by atoms with Gasteiger partial charge >= 0.3 is 5.97 Å². The number of sulfonamides is 1. The van der Waals surface area contributed by atoms with Crippen LogP contribution >= 0.6 is 22.9 Å². The van der Waals surface area contributed by atoms with Crippen molar-refractivity contribution in [2.24, 2.45) is 0 Å². The van der Waals surface area contributed by atoms with E-state index in [0.29, 0.717) is 30.5 Å². The highest BCUT2D eigenvalue weighted by Crippen LogP contribution is 2.32. The van der Waals surface area contributed by atoms with E-state index in [1.54, 1.807) is 13.0 Å². The lowest BCUT2D eigenvalue weighted by molar-refractivity contribution is -0.142. The zero-order valence-electron chi connectivity index (χ0n) is 11.8. The van der Waals surface area contributed by atoms with Crippen LogP contribution in [0.2, 0.25) is 4.34 Å². The Morgan fingerprint density at radius 3 is 2.48 bits per heavy atom. The summed E-state index contributed by atoms with van der Waals surface area (Å²) in [5, 5.41) is 0. The van der Waals surface area contributed by atoms with Gasteiger partial charge in [0.1, 0.15) is 4.21 Å². The first kappa shape index (κ1) is 16.7. The summed E-state index contributed by atoms with van der Waals surface area (Å²) in [5.41, 5.74) is 0.768. The number of nitrogens with zero attached hydrogens (tertiary/aromatic N) is 2. The van der Waals surface area contributed by atoms with E-state index in [4.69, 9.17) is 11.6 Å². The Balaban J connectivity index is 2.02. The van der Waals surface area contributed by atoms with Crippen LogP contribution in [0.15, 0.2) is 10.3 Å². The van der Waals surface area contributed by atoms with Crippen molar-refractivity contribution < 1.29 is 17.9 Å². The Labute approximate surface area is 133 Å². The predicted octanol–water partition coefficient (Wildman–Crippen LogP) is 1.19. The molecule has 0 amide bonds. The molecule has 21 heavy (non-hydrogen) atoms. The molecule has 0 radical (unpaired) electrons. The minimum atomic E-state index is -3.50. The molecule has 0 bridgehead atoms. The number of ether oxygens (including phenoxy) is 1. The zero-order chi connectivity index (χ0) is 15.6. The van der Waals surface area contributed by atoms with Crippen molar-refractivity contribution in [2.75, 3.05) is 39.8 Å². The Bertz CT molecular complexity index is 602. The van der Waals surface area contributed by atoms with Crippen molar-refractivity contribution in [3.05, 3.63) is 16.0 Å². The standard InChI is InChI=1S/C12H17ClN2O4S2/c1-9-7-11(20-12(9)13)21(17,18)15-5-3-14(4-6-15)8-10(16)19-2/h7H,3-6,8H2,1-2H3. The number of halogens is 1. The number of esters is 1. The number of methoxy groups -OCH3 is 1. The number of aryl methyl sites for hydroxylation is 1. The third kappa shape index (κ3) is 3.75. The first-order valence-corrected chi connectivity index (χ1v) is 9.03. The number of carbonyl (C=O) groups excluding carboxylic acids is 1. The molecule has 118 valence electrons. The van der Waals surface area contributed by atoms with Crippen LogP contribution in [0.25, 0.3) is 0 Å². The van der Waals surface area contributed by atoms with Gasteiger partial charge in [0, 0.05) is 26.2 Å². The van der Waals surface area contributed by atoms with Crippen LogP contribution in [-0.2, 0) is 19.6 Å². The van der Waals surface area contributed by atoms with E-state index in [1.165, 1.54) is 11.4 Å². The second-order valence-electron chi connectivity index (χ2n) is 4.78. The number of hydrogen-bond donors (Lipinski definition) is 0. The zero-order valence-corrected chi connectivity index (χ0v) is 14.2.